The molecule has 0 saturated carbocycles. The lowest BCUT2D eigenvalue weighted by atomic mass is 9.89. The first-order valence-electron chi connectivity index (χ1n) is 10.6. The summed E-state index contributed by atoms with van der Waals surface area (Å²) in [6, 6.07) is 11.7. The van der Waals surface area contributed by atoms with Crippen molar-refractivity contribution in [1.29, 1.82) is 0 Å². The lowest BCUT2D eigenvalue weighted by molar-refractivity contribution is -0.189. The highest BCUT2D eigenvalue weighted by molar-refractivity contribution is 6.31. The van der Waals surface area contributed by atoms with Gasteiger partial charge >= 0.3 is 0 Å². The molecule has 2 aliphatic rings. The van der Waals surface area contributed by atoms with Crippen LogP contribution in [0.1, 0.15) is 29.2 Å². The Hall–Kier alpha value is -2.07. The average Bonchev–Trinajstić information content (AvgIpc) is 3.31. The Morgan fingerprint density at radius 2 is 1.91 bits per heavy atom. The zero-order valence-electron chi connectivity index (χ0n) is 17.3. The Kier molecular flexibility index (Phi) is 7.40. The Balaban J connectivity index is 1.49. The van der Waals surface area contributed by atoms with Crippen molar-refractivity contribution in [2.45, 2.75) is 49.4 Å². The van der Waals surface area contributed by atoms with Crippen molar-refractivity contribution < 1.29 is 29.5 Å². The van der Waals surface area contributed by atoms with Crippen LogP contribution < -0.4 is 4.74 Å². The number of ether oxygens (including phenoxy) is 3. The van der Waals surface area contributed by atoms with Crippen molar-refractivity contribution in [3.05, 3.63) is 69.1 Å². The van der Waals surface area contributed by atoms with Gasteiger partial charge in [-0.2, -0.15) is 4.91 Å². The molecule has 4 rings (SSSR count). The third-order valence-corrected chi connectivity index (χ3v) is 6.29. The number of halogens is 1. The van der Waals surface area contributed by atoms with Crippen LogP contribution >= 0.6 is 11.6 Å². The van der Waals surface area contributed by atoms with Gasteiger partial charge in [-0.05, 0) is 41.3 Å². The van der Waals surface area contributed by atoms with E-state index >= 15 is 0 Å². The lowest BCUT2D eigenvalue weighted by Gasteiger charge is -2.39. The average molecular weight is 464 g/mol. The van der Waals surface area contributed by atoms with Crippen LogP contribution in [0.5, 0.6) is 5.75 Å². The summed E-state index contributed by atoms with van der Waals surface area (Å²) in [5, 5.41) is 33.6. The van der Waals surface area contributed by atoms with Crippen molar-refractivity contribution in [2.24, 2.45) is 5.18 Å². The highest BCUT2D eigenvalue weighted by Crippen LogP contribution is 2.35. The van der Waals surface area contributed by atoms with E-state index in [9.17, 15) is 20.2 Å². The molecule has 9 heteroatoms. The molecule has 6 atom stereocenters. The van der Waals surface area contributed by atoms with E-state index < -0.39 is 37.1 Å². The quantitative estimate of drug-likeness (QED) is 0.539. The van der Waals surface area contributed by atoms with Crippen LogP contribution in [0.2, 0.25) is 5.02 Å². The van der Waals surface area contributed by atoms with Crippen LogP contribution in [0.3, 0.4) is 0 Å². The molecule has 0 amide bonds. The summed E-state index contributed by atoms with van der Waals surface area (Å²) in [5.41, 5.74) is 2.41. The van der Waals surface area contributed by atoms with E-state index in [0.29, 0.717) is 23.6 Å². The second-order valence-electron chi connectivity index (χ2n) is 8.13. The molecule has 3 N–H and O–H groups in total. The third-order valence-electron chi connectivity index (χ3n) is 5.92. The maximum absolute atomic E-state index is 11.0. The highest BCUT2D eigenvalue weighted by atomic mass is 35.5. The van der Waals surface area contributed by atoms with Crippen molar-refractivity contribution >= 4 is 11.6 Å². The minimum Gasteiger partial charge on any atom is -0.488 e. The Labute approximate surface area is 190 Å². The van der Waals surface area contributed by atoms with E-state index in [1.165, 1.54) is 0 Å². The molecule has 0 spiro atoms. The standard InChI is InChI=1S/C23H26ClNO7/c24-18-6-3-14(23-22(28)21(27)20(25-29)19(11-26)32-23)10-15(18)9-13-1-4-16(5-2-13)31-17-7-8-30-12-17/h1-6,10,17,19-23,26-28H,7-9,11-12H2/t17-,19+,20+,21-,22+,23-/m0/s1. The Morgan fingerprint density at radius 3 is 2.56 bits per heavy atom. The molecule has 172 valence electrons. The van der Waals surface area contributed by atoms with Crippen LogP contribution in [-0.4, -0.2) is 65.6 Å². The molecule has 32 heavy (non-hydrogen) atoms. The smallest absolute Gasteiger partial charge is 0.149 e. The van der Waals surface area contributed by atoms with E-state index in [1.807, 2.05) is 24.3 Å². The first-order chi connectivity index (χ1) is 15.5. The van der Waals surface area contributed by atoms with E-state index in [1.54, 1.807) is 18.2 Å². The molecule has 8 nitrogen and oxygen atoms in total. The molecule has 2 heterocycles. The Bertz CT molecular complexity index is 917. The van der Waals surface area contributed by atoms with Crippen LogP contribution in [0.4, 0.5) is 0 Å². The minimum atomic E-state index is -1.44. The number of aliphatic hydroxyl groups excluding tert-OH is 3. The fraction of sp³-hybridized carbons (Fsp3) is 0.478. The van der Waals surface area contributed by atoms with Gasteiger partial charge in [-0.3, -0.25) is 0 Å². The van der Waals surface area contributed by atoms with Crippen LogP contribution in [-0.2, 0) is 15.9 Å². The van der Waals surface area contributed by atoms with Gasteiger partial charge in [0.1, 0.15) is 42.3 Å². The van der Waals surface area contributed by atoms with Gasteiger partial charge in [0.2, 0.25) is 0 Å². The molecule has 2 aromatic rings. The first kappa shape index (κ1) is 23.1. The number of rotatable bonds is 7. The van der Waals surface area contributed by atoms with Crippen molar-refractivity contribution in [3.8, 4) is 5.75 Å². The van der Waals surface area contributed by atoms with E-state index in [4.69, 9.17) is 25.8 Å². The van der Waals surface area contributed by atoms with Gasteiger partial charge in [0.05, 0.1) is 19.8 Å². The minimum absolute atomic E-state index is 0.0843. The maximum atomic E-state index is 11.0. The van der Waals surface area contributed by atoms with Crippen LogP contribution in [0, 0.1) is 4.91 Å². The summed E-state index contributed by atoms with van der Waals surface area (Å²) in [4.78, 5) is 11.0. The highest BCUT2D eigenvalue weighted by Gasteiger charge is 2.45. The maximum Gasteiger partial charge on any atom is 0.149 e. The zero-order valence-corrected chi connectivity index (χ0v) is 18.1. The van der Waals surface area contributed by atoms with Gasteiger partial charge in [-0.1, -0.05) is 41.0 Å². The number of hydrogen-bond donors (Lipinski definition) is 3. The van der Waals surface area contributed by atoms with Gasteiger partial charge < -0.3 is 29.5 Å². The number of aliphatic hydroxyl groups is 3. The molecule has 0 unspecified atom stereocenters. The topological polar surface area (TPSA) is 118 Å². The fourth-order valence-corrected chi connectivity index (χ4v) is 4.30. The van der Waals surface area contributed by atoms with Crippen LogP contribution in [0.25, 0.3) is 0 Å². The van der Waals surface area contributed by atoms with E-state index in [2.05, 4.69) is 5.18 Å². The largest absolute Gasteiger partial charge is 0.488 e. The zero-order chi connectivity index (χ0) is 22.7. The Morgan fingerprint density at radius 1 is 1.12 bits per heavy atom. The second kappa shape index (κ2) is 10.2. The van der Waals surface area contributed by atoms with Gasteiger partial charge in [0, 0.05) is 11.4 Å². The van der Waals surface area contributed by atoms with Gasteiger partial charge in [0.15, 0.2) is 0 Å². The summed E-state index contributed by atoms with van der Waals surface area (Å²) in [6.07, 6.45) is -3.25. The lowest BCUT2D eigenvalue weighted by Crippen LogP contribution is -2.54. The molecule has 2 fully saturated rings. The number of nitroso groups, excluding NO2 is 1. The van der Waals surface area contributed by atoms with Gasteiger partial charge in [-0.15, -0.1) is 0 Å². The van der Waals surface area contributed by atoms with Crippen molar-refractivity contribution in [2.75, 3.05) is 19.8 Å². The van der Waals surface area contributed by atoms with Crippen molar-refractivity contribution in [1.82, 2.24) is 0 Å². The first-order valence-corrected chi connectivity index (χ1v) is 10.9. The predicted octanol–water partition coefficient (Wildman–Crippen LogP) is 2.39. The SMILES string of the molecule is O=N[C@H]1[C@H](O)[C@@H](O)[C@H](c2ccc(Cl)c(Cc3ccc(O[C@H]4CCOC4)cc3)c2)O[C@@H]1CO. The van der Waals surface area contributed by atoms with Crippen LogP contribution in [0.15, 0.2) is 47.6 Å². The molecule has 0 bridgehead atoms. The monoisotopic (exact) mass is 463 g/mol. The summed E-state index contributed by atoms with van der Waals surface area (Å²) in [7, 11) is 0. The fourth-order valence-electron chi connectivity index (χ4n) is 4.12. The number of nitrogens with zero attached hydrogens (tertiary/aromatic N) is 1. The molecule has 0 aromatic heterocycles. The molecule has 0 radical (unpaired) electrons. The number of hydrogen-bond acceptors (Lipinski definition) is 8. The summed E-state index contributed by atoms with van der Waals surface area (Å²) in [6.45, 7) is 0.826. The van der Waals surface area contributed by atoms with E-state index in [-0.39, 0.29) is 6.10 Å². The van der Waals surface area contributed by atoms with Gasteiger partial charge in [0.25, 0.3) is 0 Å². The van der Waals surface area contributed by atoms with Gasteiger partial charge in [-0.25, -0.2) is 0 Å². The third kappa shape index (κ3) is 4.96. The number of benzene rings is 2. The molecular formula is C23H26ClNO7. The molecular weight excluding hydrogens is 438 g/mol. The normalized spacial score (nSPS) is 30.2. The van der Waals surface area contributed by atoms with E-state index in [0.717, 1.165) is 29.9 Å². The summed E-state index contributed by atoms with van der Waals surface area (Å²) < 4.78 is 16.9. The molecule has 0 aliphatic carbocycles. The predicted molar refractivity (Wildman–Crippen MR) is 117 cm³/mol. The molecule has 2 saturated heterocycles. The summed E-state index contributed by atoms with van der Waals surface area (Å²) >= 11 is 6.41. The molecule has 2 aromatic carbocycles. The van der Waals surface area contributed by atoms with Crippen molar-refractivity contribution in [3.63, 3.8) is 0 Å². The second-order valence-corrected chi connectivity index (χ2v) is 8.54. The summed E-state index contributed by atoms with van der Waals surface area (Å²) in [5.74, 6) is 0.783. The molecule has 2 aliphatic heterocycles.